The van der Waals surface area contributed by atoms with Crippen LogP contribution in [-0.2, 0) is 64.8 Å². The molecule has 21 N–H and O–H groups in total. The first-order valence-corrected chi connectivity index (χ1v) is 29.8. The molecule has 31 nitrogen and oxygen atoms in total. The summed E-state index contributed by atoms with van der Waals surface area (Å²) < 4.78 is 15.2. The van der Waals surface area contributed by atoms with Crippen LogP contribution in [0.25, 0.3) is 22.3 Å². The van der Waals surface area contributed by atoms with Crippen LogP contribution in [0.2, 0.25) is 0 Å². The minimum Gasteiger partial charge on any atom is -0.480 e. The number of ether oxygens (including phenoxy) is 2. The Labute approximate surface area is 487 Å². The van der Waals surface area contributed by atoms with Gasteiger partial charge in [-0.1, -0.05) is 14.0 Å². The van der Waals surface area contributed by atoms with E-state index < -0.39 is 85.1 Å². The number of nitrogen functional groups attached to an aromatic ring is 2. The number of thioether (sulfide) groups is 1. The number of aliphatic carboxylic acids is 3. The molecule has 0 radical (unpaired) electrons. The highest BCUT2D eigenvalue weighted by Crippen LogP contribution is 2.34. The van der Waals surface area contributed by atoms with Crippen molar-refractivity contribution in [1.29, 1.82) is 0 Å². The molecule has 0 saturated carbocycles. The Morgan fingerprint density at radius 1 is 0.654 bits per heavy atom. The van der Waals surface area contributed by atoms with Gasteiger partial charge in [-0.15, -0.1) is 0 Å². The first-order valence-electron chi connectivity index (χ1n) is 24.0. The lowest BCUT2D eigenvalue weighted by Crippen LogP contribution is -2.37. The predicted molar refractivity (Wildman–Crippen MR) is 310 cm³/mol. The number of carboxylic acid groups (broad SMARTS) is 3. The topological polar surface area (TPSA) is 549 Å². The highest BCUT2D eigenvalue weighted by molar-refractivity contribution is 8.01. The van der Waals surface area contributed by atoms with Crippen molar-refractivity contribution in [2.24, 2.45) is 28.7 Å². The van der Waals surface area contributed by atoms with Crippen molar-refractivity contribution >= 4 is 123 Å². The molecule has 2 fully saturated rings. The number of aromatic nitrogens is 8. The molecule has 0 aliphatic carbocycles. The van der Waals surface area contributed by atoms with Crippen LogP contribution >= 0.6 is 37.0 Å². The summed E-state index contributed by atoms with van der Waals surface area (Å²) in [6.07, 6.45) is 2.15. The number of hydrogen-bond acceptors (Lipinski definition) is 29. The molecule has 0 aromatic carbocycles. The van der Waals surface area contributed by atoms with Crippen molar-refractivity contribution < 1.29 is 78.8 Å². The smallest absolute Gasteiger partial charge is 0.373 e. The fourth-order valence-corrected chi connectivity index (χ4v) is 13.1. The maximum Gasteiger partial charge on any atom is 0.373 e. The monoisotopic (exact) mass is 1240 g/mol. The molecule has 7 unspecified atom stereocenters. The zero-order chi connectivity index (χ0) is 60.5. The number of fused-ring (bicyclic) bond motifs is 2. The Kier molecular flexibility index (Phi) is 39.2. The third-order valence-electron chi connectivity index (χ3n) is 11.2. The molecule has 6 heterocycles. The van der Waals surface area contributed by atoms with E-state index in [0.717, 1.165) is 35.9 Å². The second-order valence-electron chi connectivity index (χ2n) is 16.7. The van der Waals surface area contributed by atoms with Crippen LogP contribution in [0.3, 0.4) is 0 Å². The molecule has 2 aliphatic rings. The molecule has 2 saturated heterocycles. The van der Waals surface area contributed by atoms with Gasteiger partial charge in [0.15, 0.2) is 35.4 Å². The van der Waals surface area contributed by atoms with Gasteiger partial charge in [0.25, 0.3) is 0 Å². The van der Waals surface area contributed by atoms with E-state index in [1.807, 2.05) is 5.41 Å². The average molecular weight is 1240 g/mol. The number of nitrogens with two attached hydrogens (primary N) is 7. The molecule has 0 spiro atoms. The first-order chi connectivity index (χ1) is 38.1. The Morgan fingerprint density at radius 2 is 1.05 bits per heavy atom. The zero-order valence-electron chi connectivity index (χ0n) is 43.3. The van der Waals surface area contributed by atoms with Crippen molar-refractivity contribution in [2.75, 3.05) is 76.3 Å². The second-order valence-corrected chi connectivity index (χ2v) is 23.4. The van der Waals surface area contributed by atoms with Crippen LogP contribution in [0.15, 0.2) is 37.3 Å². The van der Waals surface area contributed by atoms with E-state index in [-0.39, 0.29) is 53.2 Å². The third-order valence-corrected chi connectivity index (χ3v) is 17.5. The quantitative estimate of drug-likeness (QED) is 0.0165. The molecule has 2 aliphatic heterocycles. The molecular formula is C45H77N15O16S5+2. The second kappa shape index (κ2) is 41.8. The van der Waals surface area contributed by atoms with Crippen LogP contribution in [0, 0.1) is 0 Å². The van der Waals surface area contributed by atoms with Gasteiger partial charge in [-0.05, 0) is 60.5 Å². The Balaban J connectivity index is 0.00000116. The number of aliphatic hydroxyl groups excluding tert-OH is 4. The fraction of sp³-hybridized carbons (Fsp3) is 0.622. The van der Waals surface area contributed by atoms with Crippen LogP contribution in [0.1, 0.15) is 52.0 Å². The van der Waals surface area contributed by atoms with Gasteiger partial charge >= 0.3 is 30.2 Å². The van der Waals surface area contributed by atoms with Crippen molar-refractivity contribution in [2.45, 2.75) is 107 Å². The van der Waals surface area contributed by atoms with Crippen molar-refractivity contribution in [3.05, 3.63) is 37.3 Å². The maximum absolute atomic E-state index is 10.8. The highest BCUT2D eigenvalue weighted by atomic mass is 32.2. The van der Waals surface area contributed by atoms with Gasteiger partial charge in [0.05, 0.1) is 12.7 Å². The highest BCUT2D eigenvalue weighted by Gasteiger charge is 2.48. The number of hydrogen-bond donors (Lipinski definition) is 16. The minimum atomic E-state index is -1.14. The number of anilines is 2. The number of nitrogens with zero attached hydrogens (tertiary/aromatic N) is 8. The van der Waals surface area contributed by atoms with E-state index in [4.69, 9.17) is 84.1 Å². The number of aliphatic hydroxyl groups is 4. The molecule has 81 heavy (non-hydrogen) atoms. The Bertz CT molecular complexity index is 2500. The number of carbonyl (C=O) groups excluding carboxylic acids is 4. The largest absolute Gasteiger partial charge is 0.480 e. The number of carbonyl (C=O) groups is 3. The molecule has 36 heteroatoms. The normalized spacial score (nSPS) is 21.5. The number of carboxylic acids is 3. The summed E-state index contributed by atoms with van der Waals surface area (Å²) in [7, 11) is -0.212. The van der Waals surface area contributed by atoms with Crippen molar-refractivity contribution in [3.8, 4) is 0 Å². The molecule has 4 aromatic heterocycles. The first kappa shape index (κ1) is 75.9. The summed E-state index contributed by atoms with van der Waals surface area (Å²) in [6, 6.07) is -2.33. The zero-order valence-corrected chi connectivity index (χ0v) is 47.5. The van der Waals surface area contributed by atoms with Gasteiger partial charge in [0.1, 0.15) is 113 Å². The van der Waals surface area contributed by atoms with Gasteiger partial charge in [0, 0.05) is 29.5 Å². The SMILES string of the molecule is C.C=C[S+](CCCN)C[C@H]1O[C@@H](n2cnc3c(N)ncnc32)C(O)[C@H]1O.NC(CCS)C(=O)O.NC(CCS)C(=O)O.NCCC[S+](CCSCCC(N)C(=O)O)C[C@H]1O[C@@H](n2cnc3c(N)ncnc32)C(O)[C@H]1O.O=C=O.O=C=O. The van der Waals surface area contributed by atoms with Gasteiger partial charge in [0.2, 0.25) is 0 Å². The lowest BCUT2D eigenvalue weighted by atomic mass is 10.1. The Morgan fingerprint density at radius 3 is 1.42 bits per heavy atom. The summed E-state index contributed by atoms with van der Waals surface area (Å²) in [5.74, 6) is 3.99. The van der Waals surface area contributed by atoms with Gasteiger partial charge < -0.3 is 85.4 Å². The molecule has 4 aromatic rings. The van der Waals surface area contributed by atoms with E-state index in [1.54, 1.807) is 20.9 Å². The number of rotatable bonds is 26. The lowest BCUT2D eigenvalue weighted by Gasteiger charge is -2.17. The average Bonchev–Trinajstić information content (AvgIpc) is 4.42. The molecule has 6 rings (SSSR count). The molecular weight excluding hydrogens is 1170 g/mol. The van der Waals surface area contributed by atoms with E-state index >= 15 is 0 Å². The molecule has 0 bridgehead atoms. The van der Waals surface area contributed by atoms with Crippen LogP contribution in [0.4, 0.5) is 11.6 Å². The Hall–Kier alpha value is -5.08. The standard InChI is InChI=1S/C19H31N7O5S2.C15H23N6O3S.2C4H9NO2S.2CO2.CH4/c20-3-1-6-33(7-5-32-4-2-11(21)19(29)30)8-12-14(27)15(28)18(31-12)26-10-25-13-16(22)23-9-24-17(13)26;1-2-25(5-3-4-16)6-9-11(22)12(23)15(24-9)21-8-20-10-13(17)18-7-19-14(10)21;2*5-3(1-2-8)4(6)7;2*2-1-3;/h9-12,14-15,18,27-28H,1-8,20-21H2,(H2-,22,23,24,29,30);2,7-9,11-12,15,22-23H,1,3-6,16H2,(H2,17,18,19);2*3,8H,1-2,5H2,(H,6,7);;;1H4/q;+1;;;;;/p+1/t11?,12-,14+,15?,18-,33?;9-,11+,12?,15-,25?;;;;;/m11...../s1. The van der Waals surface area contributed by atoms with Crippen LogP contribution < -0.4 is 40.1 Å². The predicted octanol–water partition coefficient (Wildman–Crippen LogP) is -3.43. The van der Waals surface area contributed by atoms with E-state index in [2.05, 4.69) is 61.7 Å². The molecule has 0 amide bonds. The number of imidazole rings is 2. The molecule has 456 valence electrons. The summed E-state index contributed by atoms with van der Waals surface area (Å²) in [5.41, 5.74) is 40.3. The van der Waals surface area contributed by atoms with Gasteiger partial charge in [-0.2, -0.15) is 56.2 Å². The van der Waals surface area contributed by atoms with Crippen molar-refractivity contribution in [1.82, 2.24) is 39.0 Å². The summed E-state index contributed by atoms with van der Waals surface area (Å²) in [5, 5.41) is 69.3. The van der Waals surface area contributed by atoms with E-state index in [1.165, 1.54) is 25.3 Å². The van der Waals surface area contributed by atoms with E-state index in [9.17, 15) is 34.8 Å². The van der Waals surface area contributed by atoms with Gasteiger partial charge in [-0.25, -0.2) is 29.9 Å². The van der Waals surface area contributed by atoms with Crippen molar-refractivity contribution in [3.63, 3.8) is 0 Å². The lowest BCUT2D eigenvalue weighted by molar-refractivity contribution is -0.193. The summed E-state index contributed by atoms with van der Waals surface area (Å²) in [4.78, 5) is 87.7. The minimum absolute atomic E-state index is 0. The maximum atomic E-state index is 10.8. The molecule has 13 atom stereocenters. The number of thiol groups is 2. The summed E-state index contributed by atoms with van der Waals surface area (Å²) in [6.45, 7) is 5.03. The fourth-order valence-electron chi connectivity index (χ4n) is 6.95. The third kappa shape index (κ3) is 25.5. The van der Waals surface area contributed by atoms with Gasteiger partial charge in [-0.3, -0.25) is 23.5 Å². The van der Waals surface area contributed by atoms with Crippen LogP contribution in [0.5, 0.6) is 0 Å². The van der Waals surface area contributed by atoms with E-state index in [0.29, 0.717) is 83.4 Å². The van der Waals surface area contributed by atoms with Crippen LogP contribution in [-0.4, -0.2) is 225 Å². The summed E-state index contributed by atoms with van der Waals surface area (Å²) >= 11 is 9.29.